The highest BCUT2D eigenvalue weighted by molar-refractivity contribution is 5.90. The molecule has 0 aliphatic heterocycles. The van der Waals surface area contributed by atoms with Crippen LogP contribution in [0, 0.1) is 5.82 Å². The summed E-state index contributed by atoms with van der Waals surface area (Å²) in [5, 5.41) is 16.8. The molecule has 0 radical (unpaired) electrons. The number of aliphatic hydroxyl groups excluding tert-OH is 1. The second-order valence-corrected chi connectivity index (χ2v) is 5.49. The van der Waals surface area contributed by atoms with Crippen molar-refractivity contribution in [2.45, 2.75) is 19.2 Å². The van der Waals surface area contributed by atoms with E-state index in [-0.39, 0.29) is 24.7 Å². The lowest BCUT2D eigenvalue weighted by Gasteiger charge is -2.10. The first-order valence-electron chi connectivity index (χ1n) is 7.77. The number of carbonyl (C=O) groups is 1. The summed E-state index contributed by atoms with van der Waals surface area (Å²) in [4.78, 5) is 16.0. The number of aliphatic hydroxyl groups is 1. The van der Waals surface area contributed by atoms with Crippen LogP contribution in [0.1, 0.15) is 27.8 Å². The standard InChI is InChI=1S/C18H17FN4O2/c19-15-9-5-4-8-14(15)10-20-18(25)17-21-12-23(22-17)11-16(24)13-6-2-1-3-7-13/h1-9,12,16,24H,10-11H2,(H,20,25)/t16-/m0/s1. The Morgan fingerprint density at radius 1 is 1.16 bits per heavy atom. The first kappa shape index (κ1) is 16.8. The third-order valence-electron chi connectivity index (χ3n) is 3.68. The van der Waals surface area contributed by atoms with Crippen molar-refractivity contribution in [2.24, 2.45) is 0 Å². The normalized spacial score (nSPS) is 11.9. The monoisotopic (exact) mass is 340 g/mol. The molecule has 0 spiro atoms. The number of nitrogens with one attached hydrogen (secondary N) is 1. The van der Waals surface area contributed by atoms with Crippen LogP contribution in [0.15, 0.2) is 60.9 Å². The fraction of sp³-hybridized carbons (Fsp3) is 0.167. The first-order valence-corrected chi connectivity index (χ1v) is 7.77. The summed E-state index contributed by atoms with van der Waals surface area (Å²) in [6.45, 7) is 0.226. The molecule has 1 heterocycles. The van der Waals surface area contributed by atoms with E-state index in [0.717, 1.165) is 5.56 Å². The second-order valence-electron chi connectivity index (χ2n) is 5.49. The summed E-state index contributed by atoms with van der Waals surface area (Å²) in [5.41, 5.74) is 1.14. The van der Waals surface area contributed by atoms with E-state index in [1.54, 1.807) is 18.2 Å². The van der Waals surface area contributed by atoms with Crippen molar-refractivity contribution < 1.29 is 14.3 Å². The smallest absolute Gasteiger partial charge is 0.291 e. The van der Waals surface area contributed by atoms with Crippen LogP contribution >= 0.6 is 0 Å². The molecule has 0 fully saturated rings. The number of amides is 1. The molecule has 25 heavy (non-hydrogen) atoms. The molecule has 0 aliphatic rings. The summed E-state index contributed by atoms with van der Waals surface area (Å²) in [6.07, 6.45) is 0.627. The molecular formula is C18H17FN4O2. The van der Waals surface area contributed by atoms with Crippen LogP contribution in [0.2, 0.25) is 0 Å². The molecule has 7 heteroatoms. The van der Waals surface area contributed by atoms with Crippen molar-refractivity contribution in [3.8, 4) is 0 Å². The zero-order valence-electron chi connectivity index (χ0n) is 13.3. The van der Waals surface area contributed by atoms with Gasteiger partial charge in [-0.05, 0) is 11.6 Å². The van der Waals surface area contributed by atoms with Gasteiger partial charge in [0, 0.05) is 12.1 Å². The highest BCUT2D eigenvalue weighted by atomic mass is 19.1. The zero-order chi connectivity index (χ0) is 17.6. The number of hydrogen-bond acceptors (Lipinski definition) is 4. The Balaban J connectivity index is 1.59. The number of rotatable bonds is 6. The number of nitrogens with zero attached hydrogens (tertiary/aromatic N) is 3. The van der Waals surface area contributed by atoms with Crippen molar-refractivity contribution in [3.05, 3.63) is 83.7 Å². The first-order chi connectivity index (χ1) is 12.1. The van der Waals surface area contributed by atoms with Gasteiger partial charge in [-0.15, -0.1) is 5.10 Å². The molecule has 1 aromatic heterocycles. The Labute approximate surface area is 144 Å². The molecule has 0 unspecified atom stereocenters. The largest absolute Gasteiger partial charge is 0.386 e. The van der Waals surface area contributed by atoms with Crippen LogP contribution in [-0.4, -0.2) is 25.8 Å². The molecule has 0 saturated carbocycles. The number of hydrogen-bond donors (Lipinski definition) is 2. The van der Waals surface area contributed by atoms with Crippen molar-refractivity contribution >= 4 is 5.91 Å². The van der Waals surface area contributed by atoms with E-state index in [1.807, 2.05) is 30.3 Å². The fourth-order valence-electron chi connectivity index (χ4n) is 2.34. The highest BCUT2D eigenvalue weighted by Crippen LogP contribution is 2.13. The molecule has 128 valence electrons. The SMILES string of the molecule is O=C(NCc1ccccc1F)c1ncn(C[C@H](O)c2ccccc2)n1. The Hall–Kier alpha value is -3.06. The Kier molecular flexibility index (Phi) is 5.15. The molecule has 0 bridgehead atoms. The quantitative estimate of drug-likeness (QED) is 0.720. The minimum absolute atomic E-state index is 0.0309. The summed E-state index contributed by atoms with van der Waals surface area (Å²) < 4.78 is 14.9. The third-order valence-corrected chi connectivity index (χ3v) is 3.68. The number of benzene rings is 2. The van der Waals surface area contributed by atoms with Crippen molar-refractivity contribution in [3.63, 3.8) is 0 Å². The number of carbonyl (C=O) groups excluding carboxylic acids is 1. The molecular weight excluding hydrogens is 323 g/mol. The van der Waals surface area contributed by atoms with Crippen LogP contribution in [0.5, 0.6) is 0 Å². The maximum Gasteiger partial charge on any atom is 0.291 e. The lowest BCUT2D eigenvalue weighted by molar-refractivity contribution is 0.0938. The zero-order valence-corrected chi connectivity index (χ0v) is 13.3. The van der Waals surface area contributed by atoms with Gasteiger partial charge in [0.1, 0.15) is 12.1 Å². The molecule has 3 aromatic rings. The Morgan fingerprint density at radius 3 is 2.64 bits per heavy atom. The number of halogens is 1. The lowest BCUT2D eigenvalue weighted by Crippen LogP contribution is -2.24. The van der Waals surface area contributed by atoms with Gasteiger partial charge >= 0.3 is 0 Å². The molecule has 0 saturated heterocycles. The van der Waals surface area contributed by atoms with Crippen molar-refractivity contribution in [1.82, 2.24) is 20.1 Å². The average Bonchev–Trinajstić information content (AvgIpc) is 3.10. The van der Waals surface area contributed by atoms with Gasteiger partial charge in [0.15, 0.2) is 0 Å². The van der Waals surface area contributed by atoms with Crippen LogP contribution in [0.25, 0.3) is 0 Å². The molecule has 2 aromatic carbocycles. The molecule has 3 rings (SSSR count). The van der Waals surface area contributed by atoms with E-state index in [2.05, 4.69) is 15.4 Å². The molecule has 1 atom stereocenters. The maximum absolute atomic E-state index is 13.5. The predicted molar refractivity (Wildman–Crippen MR) is 89.0 cm³/mol. The van der Waals surface area contributed by atoms with E-state index >= 15 is 0 Å². The average molecular weight is 340 g/mol. The molecule has 1 amide bonds. The molecule has 0 aliphatic carbocycles. The van der Waals surface area contributed by atoms with E-state index < -0.39 is 12.0 Å². The number of aromatic nitrogens is 3. The van der Waals surface area contributed by atoms with Gasteiger partial charge in [-0.25, -0.2) is 14.1 Å². The van der Waals surface area contributed by atoms with Gasteiger partial charge < -0.3 is 10.4 Å². The van der Waals surface area contributed by atoms with Crippen LogP contribution in [0.4, 0.5) is 4.39 Å². The highest BCUT2D eigenvalue weighted by Gasteiger charge is 2.14. The minimum atomic E-state index is -0.753. The van der Waals surface area contributed by atoms with E-state index in [1.165, 1.54) is 17.1 Å². The third kappa shape index (κ3) is 4.27. The van der Waals surface area contributed by atoms with E-state index in [0.29, 0.717) is 5.56 Å². The fourth-order valence-corrected chi connectivity index (χ4v) is 2.34. The van der Waals surface area contributed by atoms with E-state index in [4.69, 9.17) is 0 Å². The topological polar surface area (TPSA) is 80.0 Å². The summed E-state index contributed by atoms with van der Waals surface area (Å²) in [6, 6.07) is 15.4. The summed E-state index contributed by atoms with van der Waals surface area (Å²) in [5.74, 6) is -0.917. The predicted octanol–water partition coefficient (Wildman–Crippen LogP) is 2.08. The van der Waals surface area contributed by atoms with E-state index in [9.17, 15) is 14.3 Å². The van der Waals surface area contributed by atoms with Crippen molar-refractivity contribution in [1.29, 1.82) is 0 Å². The van der Waals surface area contributed by atoms with Crippen LogP contribution in [-0.2, 0) is 13.1 Å². The minimum Gasteiger partial charge on any atom is -0.386 e. The Morgan fingerprint density at radius 2 is 1.88 bits per heavy atom. The van der Waals surface area contributed by atoms with Crippen molar-refractivity contribution in [2.75, 3.05) is 0 Å². The summed E-state index contributed by atoms with van der Waals surface area (Å²) >= 11 is 0. The Bertz CT molecular complexity index is 851. The molecule has 2 N–H and O–H groups in total. The summed E-state index contributed by atoms with van der Waals surface area (Å²) in [7, 11) is 0. The van der Waals surface area contributed by atoms with Crippen LogP contribution < -0.4 is 5.32 Å². The van der Waals surface area contributed by atoms with Gasteiger partial charge in [-0.3, -0.25) is 4.79 Å². The molecule has 6 nitrogen and oxygen atoms in total. The maximum atomic E-state index is 13.5. The lowest BCUT2D eigenvalue weighted by atomic mass is 10.1. The van der Waals surface area contributed by atoms with Gasteiger partial charge in [-0.2, -0.15) is 0 Å². The van der Waals surface area contributed by atoms with Gasteiger partial charge in [-0.1, -0.05) is 48.5 Å². The van der Waals surface area contributed by atoms with Gasteiger partial charge in [0.25, 0.3) is 5.91 Å². The van der Waals surface area contributed by atoms with Gasteiger partial charge in [0.2, 0.25) is 5.82 Å². The second kappa shape index (κ2) is 7.67. The van der Waals surface area contributed by atoms with Gasteiger partial charge in [0.05, 0.1) is 12.6 Å². The van der Waals surface area contributed by atoms with Crippen LogP contribution in [0.3, 0.4) is 0 Å².